The van der Waals surface area contributed by atoms with E-state index in [4.69, 9.17) is 11.6 Å². The van der Waals surface area contributed by atoms with Gasteiger partial charge in [0.05, 0.1) is 21.7 Å². The number of carbonyl (C=O) groups excluding carboxylic acids is 3. The fraction of sp³-hybridized carbons (Fsp3) is 0.211. The molecule has 0 bridgehead atoms. The van der Waals surface area contributed by atoms with Crippen LogP contribution < -0.4 is 5.32 Å². The number of nitrogens with zero attached hydrogens (tertiary/aromatic N) is 1. The maximum atomic E-state index is 12.9. The molecule has 1 N–H and O–H groups in total. The second-order valence-corrected chi connectivity index (χ2v) is 6.56. The van der Waals surface area contributed by atoms with Gasteiger partial charge in [-0.25, -0.2) is 0 Å². The van der Waals surface area contributed by atoms with Crippen molar-refractivity contribution in [3.8, 4) is 0 Å². The van der Waals surface area contributed by atoms with Crippen LogP contribution in [0.2, 0.25) is 5.02 Å². The van der Waals surface area contributed by atoms with Crippen molar-refractivity contribution >= 4 is 35.0 Å². The molecule has 0 radical (unpaired) electrons. The molecule has 1 aliphatic rings. The van der Waals surface area contributed by atoms with Gasteiger partial charge in [-0.2, -0.15) is 13.2 Å². The maximum absolute atomic E-state index is 12.9. The van der Waals surface area contributed by atoms with Gasteiger partial charge in [0.15, 0.2) is 0 Å². The van der Waals surface area contributed by atoms with Gasteiger partial charge in [-0.15, -0.1) is 0 Å². The number of benzene rings is 2. The van der Waals surface area contributed by atoms with E-state index in [-0.39, 0.29) is 25.1 Å². The molecule has 28 heavy (non-hydrogen) atoms. The van der Waals surface area contributed by atoms with Gasteiger partial charge >= 0.3 is 6.18 Å². The number of fused-ring (bicyclic) bond motifs is 1. The molecule has 0 unspecified atom stereocenters. The number of halogens is 4. The molecule has 2 aromatic rings. The van der Waals surface area contributed by atoms with Crippen molar-refractivity contribution in [3.05, 3.63) is 64.2 Å². The summed E-state index contributed by atoms with van der Waals surface area (Å²) in [6, 6.07) is 9.50. The second kappa shape index (κ2) is 7.63. The van der Waals surface area contributed by atoms with Crippen molar-refractivity contribution in [1.29, 1.82) is 0 Å². The lowest BCUT2D eigenvalue weighted by molar-refractivity contribution is -0.137. The predicted octanol–water partition coefficient (Wildman–Crippen LogP) is 4.37. The SMILES string of the molecule is O=C(CCCN1C(=O)c2ccccc2C1=O)Nc1ccc(Cl)c(C(F)(F)F)c1. The molecule has 0 fully saturated rings. The Hall–Kier alpha value is -2.87. The van der Waals surface area contributed by atoms with E-state index in [1.165, 1.54) is 6.07 Å². The number of alkyl halides is 3. The zero-order valence-corrected chi connectivity index (χ0v) is 15.1. The van der Waals surface area contributed by atoms with Crippen LogP contribution in [0.25, 0.3) is 0 Å². The number of nitrogens with one attached hydrogen (secondary N) is 1. The smallest absolute Gasteiger partial charge is 0.326 e. The Kier molecular flexibility index (Phi) is 5.42. The van der Waals surface area contributed by atoms with E-state index >= 15 is 0 Å². The molecule has 1 heterocycles. The van der Waals surface area contributed by atoms with Crippen LogP contribution in [-0.2, 0) is 11.0 Å². The highest BCUT2D eigenvalue weighted by molar-refractivity contribution is 6.31. The van der Waals surface area contributed by atoms with Crippen LogP contribution in [0.5, 0.6) is 0 Å². The van der Waals surface area contributed by atoms with Crippen LogP contribution >= 0.6 is 11.6 Å². The Labute approximate surface area is 163 Å². The molecule has 2 aromatic carbocycles. The third-order valence-electron chi connectivity index (χ3n) is 4.22. The first-order chi connectivity index (χ1) is 13.2. The average molecular weight is 411 g/mol. The summed E-state index contributed by atoms with van der Waals surface area (Å²) in [6.07, 6.45) is -4.53. The van der Waals surface area contributed by atoms with E-state index in [2.05, 4.69) is 5.32 Å². The third-order valence-corrected chi connectivity index (χ3v) is 4.55. The molecule has 0 atom stereocenters. The summed E-state index contributed by atoms with van der Waals surface area (Å²) >= 11 is 5.54. The molecular weight excluding hydrogens is 397 g/mol. The zero-order chi connectivity index (χ0) is 20.5. The van der Waals surface area contributed by atoms with Crippen LogP contribution in [0.1, 0.15) is 39.1 Å². The lowest BCUT2D eigenvalue weighted by Crippen LogP contribution is -2.31. The quantitative estimate of drug-likeness (QED) is 0.744. The van der Waals surface area contributed by atoms with Crippen molar-refractivity contribution in [3.63, 3.8) is 0 Å². The van der Waals surface area contributed by atoms with Crippen LogP contribution in [-0.4, -0.2) is 29.2 Å². The van der Waals surface area contributed by atoms with Gasteiger partial charge in [-0.05, 0) is 36.8 Å². The first kappa shape index (κ1) is 19.9. The molecule has 0 aromatic heterocycles. The first-order valence-corrected chi connectivity index (χ1v) is 8.68. The largest absolute Gasteiger partial charge is 0.417 e. The molecule has 0 saturated carbocycles. The number of imide groups is 1. The normalized spacial score (nSPS) is 13.6. The number of anilines is 1. The van der Waals surface area contributed by atoms with Crippen LogP contribution in [0.15, 0.2) is 42.5 Å². The number of amides is 3. The number of rotatable bonds is 5. The van der Waals surface area contributed by atoms with Gasteiger partial charge in [-0.3, -0.25) is 19.3 Å². The minimum absolute atomic E-state index is 0.0359. The van der Waals surface area contributed by atoms with Gasteiger partial charge in [0.1, 0.15) is 0 Å². The fourth-order valence-electron chi connectivity index (χ4n) is 2.88. The highest BCUT2D eigenvalue weighted by Gasteiger charge is 2.35. The van der Waals surface area contributed by atoms with Crippen LogP contribution in [0.3, 0.4) is 0 Å². The third kappa shape index (κ3) is 4.01. The summed E-state index contributed by atoms with van der Waals surface area (Å²) in [6.45, 7) is 0.0359. The van der Waals surface area contributed by atoms with Gasteiger partial charge in [0, 0.05) is 18.7 Å². The zero-order valence-electron chi connectivity index (χ0n) is 14.3. The van der Waals surface area contributed by atoms with Gasteiger partial charge in [0.2, 0.25) is 5.91 Å². The number of carbonyl (C=O) groups is 3. The van der Waals surface area contributed by atoms with Crippen molar-refractivity contribution in [2.75, 3.05) is 11.9 Å². The number of hydrogen-bond acceptors (Lipinski definition) is 3. The Morgan fingerprint density at radius 3 is 2.21 bits per heavy atom. The van der Waals surface area contributed by atoms with E-state index < -0.39 is 34.5 Å². The summed E-state index contributed by atoms with van der Waals surface area (Å²) in [5.74, 6) is -1.38. The molecule has 5 nitrogen and oxygen atoms in total. The molecule has 146 valence electrons. The van der Waals surface area contributed by atoms with Crippen LogP contribution in [0, 0.1) is 0 Å². The molecule has 3 rings (SSSR count). The first-order valence-electron chi connectivity index (χ1n) is 8.30. The van der Waals surface area contributed by atoms with Crippen LogP contribution in [0.4, 0.5) is 18.9 Å². The Balaban J connectivity index is 1.56. The topological polar surface area (TPSA) is 66.5 Å². The predicted molar refractivity (Wildman–Crippen MR) is 96.1 cm³/mol. The Bertz CT molecular complexity index is 925. The molecular formula is C19H14ClF3N2O3. The maximum Gasteiger partial charge on any atom is 0.417 e. The van der Waals surface area contributed by atoms with Crippen molar-refractivity contribution < 1.29 is 27.6 Å². The van der Waals surface area contributed by atoms with E-state index in [0.717, 1.165) is 17.0 Å². The summed E-state index contributed by atoms with van der Waals surface area (Å²) < 4.78 is 38.6. The minimum Gasteiger partial charge on any atom is -0.326 e. The van der Waals surface area contributed by atoms with E-state index in [0.29, 0.717) is 11.1 Å². The Morgan fingerprint density at radius 1 is 1.04 bits per heavy atom. The highest BCUT2D eigenvalue weighted by atomic mass is 35.5. The lowest BCUT2D eigenvalue weighted by Gasteiger charge is -2.14. The fourth-order valence-corrected chi connectivity index (χ4v) is 3.11. The van der Waals surface area contributed by atoms with Gasteiger partial charge in [0.25, 0.3) is 11.8 Å². The average Bonchev–Trinajstić information content (AvgIpc) is 2.87. The molecule has 9 heteroatoms. The summed E-state index contributed by atoms with van der Waals surface area (Å²) in [4.78, 5) is 37.5. The highest BCUT2D eigenvalue weighted by Crippen LogP contribution is 2.36. The monoisotopic (exact) mass is 410 g/mol. The Morgan fingerprint density at radius 2 is 1.64 bits per heavy atom. The summed E-state index contributed by atoms with van der Waals surface area (Å²) in [5, 5.41) is 1.90. The molecule has 0 spiro atoms. The molecule has 0 saturated heterocycles. The van der Waals surface area contributed by atoms with E-state index in [1.54, 1.807) is 24.3 Å². The lowest BCUT2D eigenvalue weighted by atomic mass is 10.1. The minimum atomic E-state index is -4.64. The molecule has 3 amide bonds. The summed E-state index contributed by atoms with van der Waals surface area (Å²) in [7, 11) is 0. The van der Waals surface area contributed by atoms with E-state index in [9.17, 15) is 27.6 Å². The standard InChI is InChI=1S/C19H14ClF3N2O3/c20-15-8-7-11(10-14(15)19(21,22)23)24-16(26)6-3-9-25-17(27)12-4-1-2-5-13(12)18(25)28/h1-2,4-5,7-8,10H,3,6,9H2,(H,24,26). The van der Waals surface area contributed by atoms with Gasteiger partial charge in [-0.1, -0.05) is 23.7 Å². The molecule has 1 aliphatic heterocycles. The van der Waals surface area contributed by atoms with Crippen molar-refractivity contribution in [2.24, 2.45) is 0 Å². The number of hydrogen-bond donors (Lipinski definition) is 1. The summed E-state index contributed by atoms with van der Waals surface area (Å²) in [5.41, 5.74) is -0.448. The van der Waals surface area contributed by atoms with Gasteiger partial charge < -0.3 is 5.32 Å². The second-order valence-electron chi connectivity index (χ2n) is 6.15. The molecule has 0 aliphatic carbocycles. The van der Waals surface area contributed by atoms with Crippen molar-refractivity contribution in [1.82, 2.24) is 4.90 Å². The van der Waals surface area contributed by atoms with E-state index in [1.807, 2.05) is 0 Å². The van der Waals surface area contributed by atoms with Crippen molar-refractivity contribution in [2.45, 2.75) is 19.0 Å².